The molecule has 0 amide bonds. The molecule has 0 fully saturated rings. The highest BCUT2D eigenvalue weighted by atomic mass is 16.5. The van der Waals surface area contributed by atoms with Crippen molar-refractivity contribution in [2.75, 3.05) is 6.61 Å². The lowest BCUT2D eigenvalue weighted by Crippen LogP contribution is -2.18. The number of imidazole rings is 1. The molecule has 0 saturated heterocycles. The van der Waals surface area contributed by atoms with Gasteiger partial charge >= 0.3 is 0 Å². The molecule has 1 aromatic rings. The average molecular weight is 204 g/mol. The van der Waals surface area contributed by atoms with Crippen molar-refractivity contribution in [1.29, 1.82) is 0 Å². The van der Waals surface area contributed by atoms with Gasteiger partial charge in [0.1, 0.15) is 12.4 Å². The number of rotatable bonds is 1. The summed E-state index contributed by atoms with van der Waals surface area (Å²) in [6.45, 7) is 2.16. The number of ether oxygens (including phenoxy) is 1. The van der Waals surface area contributed by atoms with E-state index in [4.69, 9.17) is 4.74 Å². The van der Waals surface area contributed by atoms with Gasteiger partial charge in [0.05, 0.1) is 18.5 Å². The van der Waals surface area contributed by atoms with Crippen LogP contribution < -0.4 is 0 Å². The summed E-state index contributed by atoms with van der Waals surface area (Å²) in [6, 6.07) is 0. The second-order valence-electron chi connectivity index (χ2n) is 3.90. The zero-order valence-electron chi connectivity index (χ0n) is 8.40. The molecule has 1 aliphatic heterocycles. The predicted molar refractivity (Wildman–Crippen MR) is 54.1 cm³/mol. The summed E-state index contributed by atoms with van der Waals surface area (Å²) in [4.78, 5) is 15.5. The fourth-order valence-corrected chi connectivity index (χ4v) is 2.15. The van der Waals surface area contributed by atoms with E-state index in [1.54, 1.807) is 6.08 Å². The van der Waals surface area contributed by atoms with Crippen LogP contribution in [0.3, 0.4) is 0 Å². The molecule has 0 saturated carbocycles. The second kappa shape index (κ2) is 3.31. The molecule has 15 heavy (non-hydrogen) atoms. The van der Waals surface area contributed by atoms with Gasteiger partial charge in [0.2, 0.25) is 0 Å². The molecule has 0 spiro atoms. The Morgan fingerprint density at radius 2 is 2.33 bits per heavy atom. The number of carbonyl (C=O) groups is 1. The maximum atomic E-state index is 11.2. The quantitative estimate of drug-likeness (QED) is 0.689. The Balaban J connectivity index is 2.02. The second-order valence-corrected chi connectivity index (χ2v) is 3.90. The molecule has 0 aromatic carbocycles. The molecule has 0 atom stereocenters. The number of aromatic nitrogens is 2. The van der Waals surface area contributed by atoms with Crippen LogP contribution in [0.5, 0.6) is 0 Å². The lowest BCUT2D eigenvalue weighted by Gasteiger charge is -2.17. The van der Waals surface area contributed by atoms with Gasteiger partial charge in [-0.1, -0.05) is 0 Å². The van der Waals surface area contributed by atoms with Crippen molar-refractivity contribution in [3.05, 3.63) is 23.8 Å². The summed E-state index contributed by atoms with van der Waals surface area (Å²) in [7, 11) is 0. The molecular weight excluding hydrogens is 192 g/mol. The predicted octanol–water partition coefficient (Wildman–Crippen LogP) is 1.16. The van der Waals surface area contributed by atoms with Crippen LogP contribution in [0.25, 0.3) is 5.57 Å². The lowest BCUT2D eigenvalue weighted by atomic mass is 10.2. The van der Waals surface area contributed by atoms with E-state index in [0.717, 1.165) is 36.7 Å². The van der Waals surface area contributed by atoms with E-state index in [1.807, 2.05) is 6.20 Å². The summed E-state index contributed by atoms with van der Waals surface area (Å²) in [5.41, 5.74) is 2.22. The molecule has 0 unspecified atom stereocenters. The average Bonchev–Trinajstić information content (AvgIpc) is 2.83. The maximum Gasteiger partial charge on any atom is 0.156 e. The van der Waals surface area contributed by atoms with E-state index in [0.29, 0.717) is 13.0 Å². The number of allylic oxidation sites excluding steroid dienone is 2. The fourth-order valence-electron chi connectivity index (χ4n) is 2.15. The van der Waals surface area contributed by atoms with Crippen LogP contribution in [0.4, 0.5) is 0 Å². The zero-order chi connectivity index (χ0) is 10.3. The third kappa shape index (κ3) is 1.41. The van der Waals surface area contributed by atoms with E-state index in [1.165, 1.54) is 0 Å². The molecule has 1 aromatic heterocycles. The minimum atomic E-state index is 0.229. The van der Waals surface area contributed by atoms with Gasteiger partial charge in [-0.25, -0.2) is 4.98 Å². The highest BCUT2D eigenvalue weighted by Crippen LogP contribution is 2.27. The summed E-state index contributed by atoms with van der Waals surface area (Å²) in [5, 5.41) is 0. The Morgan fingerprint density at radius 1 is 1.40 bits per heavy atom. The Morgan fingerprint density at radius 3 is 3.13 bits per heavy atom. The highest BCUT2D eigenvalue weighted by molar-refractivity contribution is 6.01. The van der Waals surface area contributed by atoms with Gasteiger partial charge in [-0.15, -0.1) is 0 Å². The van der Waals surface area contributed by atoms with Crippen LogP contribution in [-0.4, -0.2) is 21.9 Å². The fraction of sp³-hybridized carbons (Fsp3) is 0.455. The number of hydrogen-bond donors (Lipinski definition) is 0. The summed E-state index contributed by atoms with van der Waals surface area (Å²) >= 11 is 0. The van der Waals surface area contributed by atoms with Crippen molar-refractivity contribution in [2.24, 2.45) is 0 Å². The van der Waals surface area contributed by atoms with E-state index < -0.39 is 0 Å². The van der Waals surface area contributed by atoms with Crippen molar-refractivity contribution in [2.45, 2.75) is 26.0 Å². The van der Waals surface area contributed by atoms with Crippen molar-refractivity contribution < 1.29 is 9.53 Å². The molecule has 0 bridgehead atoms. The number of fused-ring (bicyclic) bond motifs is 1. The van der Waals surface area contributed by atoms with Crippen LogP contribution >= 0.6 is 0 Å². The van der Waals surface area contributed by atoms with Gasteiger partial charge in [0, 0.05) is 13.0 Å². The number of ketones is 1. The Kier molecular flexibility index (Phi) is 1.95. The third-order valence-corrected chi connectivity index (χ3v) is 2.93. The topological polar surface area (TPSA) is 44.1 Å². The van der Waals surface area contributed by atoms with Crippen LogP contribution in [0.1, 0.15) is 24.4 Å². The first-order valence-corrected chi connectivity index (χ1v) is 5.20. The lowest BCUT2D eigenvalue weighted by molar-refractivity contribution is -0.114. The van der Waals surface area contributed by atoms with E-state index >= 15 is 0 Å². The minimum absolute atomic E-state index is 0.229. The molecule has 3 rings (SSSR count). The molecular formula is C11H12N2O2. The highest BCUT2D eigenvalue weighted by Gasteiger charge is 2.20. The van der Waals surface area contributed by atoms with Crippen LogP contribution in [0.2, 0.25) is 0 Å². The van der Waals surface area contributed by atoms with Crippen molar-refractivity contribution in [3.8, 4) is 0 Å². The number of carbonyl (C=O) groups excluding carboxylic acids is 1. The standard InChI is InChI=1S/C11H12N2O2/c14-9-2-1-8(5-9)10-6-12-11-7-15-4-3-13(10)11/h5-6H,1-4,7H2. The molecule has 78 valence electrons. The number of nitrogens with zero attached hydrogens (tertiary/aromatic N) is 2. The van der Waals surface area contributed by atoms with Gasteiger partial charge in [-0.05, 0) is 18.1 Å². The molecule has 1 aliphatic carbocycles. The molecule has 0 radical (unpaired) electrons. The van der Waals surface area contributed by atoms with Crippen molar-refractivity contribution >= 4 is 11.4 Å². The Bertz CT molecular complexity index is 445. The normalized spacial score (nSPS) is 20.3. The molecule has 2 aliphatic rings. The maximum absolute atomic E-state index is 11.2. The third-order valence-electron chi connectivity index (χ3n) is 2.93. The summed E-state index contributed by atoms with van der Waals surface area (Å²) < 4.78 is 7.48. The summed E-state index contributed by atoms with van der Waals surface area (Å²) in [6.07, 6.45) is 5.10. The molecule has 4 nitrogen and oxygen atoms in total. The van der Waals surface area contributed by atoms with Gasteiger partial charge in [0.25, 0.3) is 0 Å². The van der Waals surface area contributed by atoms with Gasteiger partial charge in [-0.3, -0.25) is 4.79 Å². The first kappa shape index (κ1) is 8.85. The van der Waals surface area contributed by atoms with Crippen LogP contribution in [0.15, 0.2) is 12.3 Å². The number of hydrogen-bond acceptors (Lipinski definition) is 3. The molecule has 0 N–H and O–H groups in total. The van der Waals surface area contributed by atoms with Crippen molar-refractivity contribution in [1.82, 2.24) is 9.55 Å². The first-order valence-electron chi connectivity index (χ1n) is 5.20. The van der Waals surface area contributed by atoms with Gasteiger partial charge < -0.3 is 9.30 Å². The Labute approximate surface area is 87.6 Å². The smallest absolute Gasteiger partial charge is 0.156 e. The van der Waals surface area contributed by atoms with E-state index in [2.05, 4.69) is 9.55 Å². The van der Waals surface area contributed by atoms with Crippen LogP contribution in [0, 0.1) is 0 Å². The van der Waals surface area contributed by atoms with E-state index in [-0.39, 0.29) is 5.78 Å². The largest absolute Gasteiger partial charge is 0.372 e. The van der Waals surface area contributed by atoms with Gasteiger partial charge in [0.15, 0.2) is 5.78 Å². The Hall–Kier alpha value is -1.42. The molecule has 4 heteroatoms. The SMILES string of the molecule is O=C1C=C(c2cnc3n2CCOC3)CC1. The first-order chi connectivity index (χ1) is 7.34. The van der Waals surface area contributed by atoms with Gasteiger partial charge in [-0.2, -0.15) is 0 Å². The van der Waals surface area contributed by atoms with Crippen LogP contribution in [-0.2, 0) is 22.7 Å². The zero-order valence-corrected chi connectivity index (χ0v) is 8.40. The molecule has 2 heterocycles. The minimum Gasteiger partial charge on any atom is -0.372 e. The summed E-state index contributed by atoms with van der Waals surface area (Å²) in [5.74, 6) is 1.20. The van der Waals surface area contributed by atoms with E-state index in [9.17, 15) is 4.79 Å². The monoisotopic (exact) mass is 204 g/mol. The van der Waals surface area contributed by atoms with Crippen molar-refractivity contribution in [3.63, 3.8) is 0 Å².